The van der Waals surface area contributed by atoms with Crippen LogP contribution in [0.5, 0.6) is 0 Å². The van der Waals surface area contributed by atoms with Crippen LogP contribution in [0.1, 0.15) is 12.0 Å². The Morgan fingerprint density at radius 2 is 1.91 bits per heavy atom. The standard InChI is InChI=1S/C19H22N4/c20-11-16-9-10-22(13-16)12-15-5-7-17(8-6-15)23-14-21-18-3-1-2-4-19(18)23/h1-8,14,16H,9-13,20H2. The molecule has 1 fully saturated rings. The topological polar surface area (TPSA) is 47.1 Å². The molecule has 1 aliphatic rings. The molecular formula is C19H22N4. The Kier molecular flexibility index (Phi) is 3.85. The van der Waals surface area contributed by atoms with E-state index in [1.54, 1.807) is 0 Å². The number of imidazole rings is 1. The van der Waals surface area contributed by atoms with E-state index in [-0.39, 0.29) is 0 Å². The van der Waals surface area contributed by atoms with Gasteiger partial charge in [-0.2, -0.15) is 0 Å². The van der Waals surface area contributed by atoms with Gasteiger partial charge in [0.25, 0.3) is 0 Å². The molecule has 1 saturated heterocycles. The molecule has 1 atom stereocenters. The van der Waals surface area contributed by atoms with Gasteiger partial charge in [0, 0.05) is 18.8 Å². The number of hydrogen-bond acceptors (Lipinski definition) is 3. The van der Waals surface area contributed by atoms with E-state index < -0.39 is 0 Å². The van der Waals surface area contributed by atoms with Crippen LogP contribution in [-0.2, 0) is 6.54 Å². The molecule has 4 heteroatoms. The van der Waals surface area contributed by atoms with Gasteiger partial charge in [0.1, 0.15) is 6.33 Å². The van der Waals surface area contributed by atoms with E-state index in [2.05, 4.69) is 50.8 Å². The van der Waals surface area contributed by atoms with E-state index in [9.17, 15) is 0 Å². The molecule has 3 aromatic rings. The minimum absolute atomic E-state index is 0.673. The molecule has 1 aromatic heterocycles. The molecule has 0 bridgehead atoms. The molecule has 0 spiro atoms. The van der Waals surface area contributed by atoms with Gasteiger partial charge < -0.3 is 5.73 Å². The fourth-order valence-electron chi connectivity index (χ4n) is 3.43. The van der Waals surface area contributed by atoms with Crippen molar-refractivity contribution in [2.75, 3.05) is 19.6 Å². The number of fused-ring (bicyclic) bond motifs is 1. The molecule has 0 saturated carbocycles. The van der Waals surface area contributed by atoms with E-state index in [0.29, 0.717) is 5.92 Å². The van der Waals surface area contributed by atoms with Crippen LogP contribution in [0.4, 0.5) is 0 Å². The maximum absolute atomic E-state index is 5.77. The summed E-state index contributed by atoms with van der Waals surface area (Å²) in [5, 5.41) is 0. The molecule has 4 nitrogen and oxygen atoms in total. The summed E-state index contributed by atoms with van der Waals surface area (Å²) in [5.74, 6) is 0.673. The second-order valence-corrected chi connectivity index (χ2v) is 6.40. The van der Waals surface area contributed by atoms with Gasteiger partial charge in [0.15, 0.2) is 0 Å². The van der Waals surface area contributed by atoms with Crippen molar-refractivity contribution < 1.29 is 0 Å². The van der Waals surface area contributed by atoms with E-state index >= 15 is 0 Å². The highest BCUT2D eigenvalue weighted by Gasteiger charge is 2.20. The molecule has 1 unspecified atom stereocenters. The SMILES string of the molecule is NCC1CCN(Cc2ccc(-n3cnc4ccccc43)cc2)C1. The summed E-state index contributed by atoms with van der Waals surface area (Å²) in [5.41, 5.74) is 10.5. The molecule has 2 aromatic carbocycles. The van der Waals surface area contributed by atoms with Crippen LogP contribution in [0.3, 0.4) is 0 Å². The van der Waals surface area contributed by atoms with Crippen LogP contribution < -0.4 is 5.73 Å². The monoisotopic (exact) mass is 306 g/mol. The van der Waals surface area contributed by atoms with Gasteiger partial charge in [-0.05, 0) is 55.3 Å². The van der Waals surface area contributed by atoms with Gasteiger partial charge in [-0.25, -0.2) is 4.98 Å². The van der Waals surface area contributed by atoms with Crippen molar-refractivity contribution in [3.05, 3.63) is 60.4 Å². The number of likely N-dealkylation sites (tertiary alicyclic amines) is 1. The summed E-state index contributed by atoms with van der Waals surface area (Å²) in [7, 11) is 0. The predicted molar refractivity (Wildman–Crippen MR) is 93.5 cm³/mol. The van der Waals surface area contributed by atoms with E-state index in [4.69, 9.17) is 5.73 Å². The number of aromatic nitrogens is 2. The Bertz CT molecular complexity index is 790. The molecule has 0 radical (unpaired) electrons. The number of nitrogens with zero attached hydrogens (tertiary/aromatic N) is 3. The van der Waals surface area contributed by atoms with Crippen molar-refractivity contribution in [3.8, 4) is 5.69 Å². The summed E-state index contributed by atoms with van der Waals surface area (Å²) in [6, 6.07) is 17.0. The van der Waals surface area contributed by atoms with Gasteiger partial charge >= 0.3 is 0 Å². The average Bonchev–Trinajstić information content (AvgIpc) is 3.22. The van der Waals surface area contributed by atoms with Crippen LogP contribution in [-0.4, -0.2) is 34.1 Å². The highest BCUT2D eigenvalue weighted by molar-refractivity contribution is 5.77. The highest BCUT2D eigenvalue weighted by Crippen LogP contribution is 2.20. The second-order valence-electron chi connectivity index (χ2n) is 6.40. The van der Waals surface area contributed by atoms with Crippen molar-refractivity contribution in [2.45, 2.75) is 13.0 Å². The van der Waals surface area contributed by atoms with Crippen LogP contribution in [0, 0.1) is 5.92 Å². The summed E-state index contributed by atoms with van der Waals surface area (Å²) >= 11 is 0. The molecule has 0 aliphatic carbocycles. The summed E-state index contributed by atoms with van der Waals surface area (Å²) in [6.45, 7) is 4.12. The third kappa shape index (κ3) is 2.87. The Labute approximate surface area is 136 Å². The van der Waals surface area contributed by atoms with Crippen molar-refractivity contribution in [1.29, 1.82) is 0 Å². The van der Waals surface area contributed by atoms with Gasteiger partial charge in [-0.1, -0.05) is 24.3 Å². The van der Waals surface area contributed by atoms with Gasteiger partial charge in [0.05, 0.1) is 11.0 Å². The maximum atomic E-state index is 5.77. The zero-order chi connectivity index (χ0) is 15.6. The molecule has 4 rings (SSSR count). The number of hydrogen-bond donors (Lipinski definition) is 1. The number of rotatable bonds is 4. The zero-order valence-electron chi connectivity index (χ0n) is 13.2. The first-order chi connectivity index (χ1) is 11.3. The first kappa shape index (κ1) is 14.4. The quantitative estimate of drug-likeness (QED) is 0.806. The normalized spacial score (nSPS) is 18.7. The van der Waals surface area contributed by atoms with Gasteiger partial charge in [-0.15, -0.1) is 0 Å². The Hall–Kier alpha value is -2.17. The molecule has 2 N–H and O–H groups in total. The minimum Gasteiger partial charge on any atom is -0.330 e. The molecular weight excluding hydrogens is 284 g/mol. The van der Waals surface area contributed by atoms with Crippen LogP contribution in [0.25, 0.3) is 16.7 Å². The Balaban J connectivity index is 1.52. The Morgan fingerprint density at radius 1 is 1.09 bits per heavy atom. The van der Waals surface area contributed by atoms with Gasteiger partial charge in [0.2, 0.25) is 0 Å². The largest absolute Gasteiger partial charge is 0.330 e. The molecule has 23 heavy (non-hydrogen) atoms. The average molecular weight is 306 g/mol. The highest BCUT2D eigenvalue weighted by atomic mass is 15.1. The van der Waals surface area contributed by atoms with Crippen molar-refractivity contribution in [2.24, 2.45) is 11.7 Å². The lowest BCUT2D eigenvalue weighted by molar-refractivity contribution is 0.318. The number of nitrogens with two attached hydrogens (primary N) is 1. The molecule has 2 heterocycles. The summed E-state index contributed by atoms with van der Waals surface area (Å²) in [6.07, 6.45) is 3.13. The molecule has 1 aliphatic heterocycles. The van der Waals surface area contributed by atoms with Crippen molar-refractivity contribution in [3.63, 3.8) is 0 Å². The van der Waals surface area contributed by atoms with Crippen LogP contribution >= 0.6 is 0 Å². The minimum atomic E-state index is 0.673. The fraction of sp³-hybridized carbons (Fsp3) is 0.316. The van der Waals surface area contributed by atoms with Crippen molar-refractivity contribution >= 4 is 11.0 Å². The third-order valence-corrected chi connectivity index (χ3v) is 4.78. The van der Waals surface area contributed by atoms with E-state index in [1.807, 2.05) is 18.5 Å². The lowest BCUT2D eigenvalue weighted by Crippen LogP contribution is -2.22. The smallest absolute Gasteiger partial charge is 0.100 e. The lowest BCUT2D eigenvalue weighted by atomic mass is 10.1. The predicted octanol–water partition coefficient (Wildman–Crippen LogP) is 2.81. The maximum Gasteiger partial charge on any atom is 0.100 e. The summed E-state index contributed by atoms with van der Waals surface area (Å²) in [4.78, 5) is 6.96. The zero-order valence-corrected chi connectivity index (χ0v) is 13.2. The number of benzene rings is 2. The van der Waals surface area contributed by atoms with Crippen LogP contribution in [0.2, 0.25) is 0 Å². The second kappa shape index (κ2) is 6.14. The summed E-state index contributed by atoms with van der Waals surface area (Å²) < 4.78 is 2.14. The van der Waals surface area contributed by atoms with Crippen molar-refractivity contribution in [1.82, 2.24) is 14.5 Å². The Morgan fingerprint density at radius 3 is 2.70 bits per heavy atom. The molecule has 0 amide bonds. The molecule has 118 valence electrons. The van der Waals surface area contributed by atoms with Crippen LogP contribution in [0.15, 0.2) is 54.9 Å². The first-order valence-electron chi connectivity index (χ1n) is 8.27. The van der Waals surface area contributed by atoms with Gasteiger partial charge in [-0.3, -0.25) is 9.47 Å². The number of para-hydroxylation sites is 2. The first-order valence-corrected chi connectivity index (χ1v) is 8.27. The van der Waals surface area contributed by atoms with E-state index in [1.165, 1.54) is 12.0 Å². The lowest BCUT2D eigenvalue weighted by Gasteiger charge is -2.16. The van der Waals surface area contributed by atoms with E-state index in [0.717, 1.165) is 42.9 Å². The third-order valence-electron chi connectivity index (χ3n) is 4.78. The fourth-order valence-corrected chi connectivity index (χ4v) is 3.43.